The molecule has 0 saturated carbocycles. The highest BCUT2D eigenvalue weighted by molar-refractivity contribution is 6.05. The zero-order chi connectivity index (χ0) is 17.9. The van der Waals surface area contributed by atoms with Gasteiger partial charge in [-0.05, 0) is 54.6 Å². The Bertz CT molecular complexity index is 1060. The van der Waals surface area contributed by atoms with Crippen LogP contribution in [0.4, 0.5) is 5.69 Å². The highest BCUT2D eigenvalue weighted by Crippen LogP contribution is 2.23. The van der Waals surface area contributed by atoms with Gasteiger partial charge in [0.2, 0.25) is 0 Å². The topological polar surface area (TPSA) is 79.9 Å². The van der Waals surface area contributed by atoms with Gasteiger partial charge in [0.05, 0.1) is 18.1 Å². The van der Waals surface area contributed by atoms with Gasteiger partial charge in [0.25, 0.3) is 5.91 Å². The molecule has 0 aliphatic heterocycles. The van der Waals surface area contributed by atoms with Crippen LogP contribution >= 0.6 is 0 Å². The van der Waals surface area contributed by atoms with E-state index >= 15 is 0 Å². The van der Waals surface area contributed by atoms with Crippen LogP contribution in [0.15, 0.2) is 67.0 Å². The van der Waals surface area contributed by atoms with Crippen LogP contribution in [0, 0.1) is 0 Å². The minimum absolute atomic E-state index is 0.180. The number of H-pyrrole nitrogens is 1. The van der Waals surface area contributed by atoms with E-state index in [4.69, 9.17) is 4.74 Å². The molecule has 2 heterocycles. The van der Waals surface area contributed by atoms with Gasteiger partial charge in [0.1, 0.15) is 11.6 Å². The number of imidazole rings is 1. The van der Waals surface area contributed by atoms with Crippen LogP contribution in [0.25, 0.3) is 22.4 Å². The number of aromatic nitrogens is 3. The standard InChI is InChI=1S/C20H16N4O2/c1-26-16-5-2-14(3-6-16)20(25)22-15-4-7-17-18(12-15)24-19(23-17)13-8-10-21-11-9-13/h2-12H,1H3,(H,22,25)(H,23,24). The van der Waals surface area contributed by atoms with Crippen molar-refractivity contribution in [3.05, 3.63) is 72.6 Å². The number of benzene rings is 2. The number of nitrogens with one attached hydrogen (secondary N) is 2. The smallest absolute Gasteiger partial charge is 0.255 e. The largest absolute Gasteiger partial charge is 0.497 e. The Balaban J connectivity index is 1.58. The molecule has 26 heavy (non-hydrogen) atoms. The number of amides is 1. The summed E-state index contributed by atoms with van der Waals surface area (Å²) < 4.78 is 5.11. The second kappa shape index (κ2) is 6.68. The maximum absolute atomic E-state index is 12.4. The van der Waals surface area contributed by atoms with Gasteiger partial charge in [-0.15, -0.1) is 0 Å². The summed E-state index contributed by atoms with van der Waals surface area (Å²) in [4.78, 5) is 24.3. The van der Waals surface area contributed by atoms with E-state index in [0.29, 0.717) is 17.0 Å². The Morgan fingerprint density at radius 3 is 2.54 bits per heavy atom. The molecule has 2 aromatic carbocycles. The number of fused-ring (bicyclic) bond motifs is 1. The fraction of sp³-hybridized carbons (Fsp3) is 0.0500. The number of rotatable bonds is 4. The number of carbonyl (C=O) groups is 1. The number of anilines is 1. The molecule has 2 N–H and O–H groups in total. The van der Waals surface area contributed by atoms with Crippen molar-refractivity contribution >= 4 is 22.6 Å². The predicted molar refractivity (Wildman–Crippen MR) is 100 cm³/mol. The number of ether oxygens (including phenoxy) is 1. The van der Waals surface area contributed by atoms with E-state index < -0.39 is 0 Å². The van der Waals surface area contributed by atoms with Crippen molar-refractivity contribution in [3.8, 4) is 17.1 Å². The van der Waals surface area contributed by atoms with Crippen molar-refractivity contribution in [1.82, 2.24) is 15.0 Å². The molecule has 4 rings (SSSR count). The predicted octanol–water partition coefficient (Wildman–Crippen LogP) is 3.89. The summed E-state index contributed by atoms with van der Waals surface area (Å²) in [7, 11) is 1.59. The lowest BCUT2D eigenvalue weighted by atomic mass is 10.2. The number of methoxy groups -OCH3 is 1. The van der Waals surface area contributed by atoms with Crippen molar-refractivity contribution < 1.29 is 9.53 Å². The highest BCUT2D eigenvalue weighted by atomic mass is 16.5. The van der Waals surface area contributed by atoms with Gasteiger partial charge in [-0.3, -0.25) is 9.78 Å². The minimum Gasteiger partial charge on any atom is -0.497 e. The van der Waals surface area contributed by atoms with Crippen LogP contribution in [0.1, 0.15) is 10.4 Å². The number of carbonyl (C=O) groups excluding carboxylic acids is 1. The minimum atomic E-state index is -0.180. The SMILES string of the molecule is COc1ccc(C(=O)Nc2ccc3nc(-c4ccncc4)[nH]c3c2)cc1. The lowest BCUT2D eigenvalue weighted by Gasteiger charge is -2.06. The Morgan fingerprint density at radius 2 is 1.81 bits per heavy atom. The molecule has 0 aliphatic rings. The summed E-state index contributed by atoms with van der Waals surface area (Å²) in [6.07, 6.45) is 3.45. The average molecular weight is 344 g/mol. The quantitative estimate of drug-likeness (QED) is 0.589. The second-order valence-electron chi connectivity index (χ2n) is 5.74. The molecule has 1 amide bonds. The fourth-order valence-electron chi connectivity index (χ4n) is 2.68. The Kier molecular flexibility index (Phi) is 4.07. The molecule has 0 bridgehead atoms. The van der Waals surface area contributed by atoms with E-state index in [1.54, 1.807) is 43.8 Å². The lowest BCUT2D eigenvalue weighted by Crippen LogP contribution is -2.11. The average Bonchev–Trinajstić information content (AvgIpc) is 3.12. The first kappa shape index (κ1) is 15.8. The van der Waals surface area contributed by atoms with Crippen LogP contribution in [-0.2, 0) is 0 Å². The summed E-state index contributed by atoms with van der Waals surface area (Å²) in [6.45, 7) is 0. The monoisotopic (exact) mass is 344 g/mol. The molecule has 0 radical (unpaired) electrons. The van der Waals surface area contributed by atoms with Gasteiger partial charge in [0.15, 0.2) is 0 Å². The maximum atomic E-state index is 12.4. The molecule has 6 heteroatoms. The van der Waals surface area contributed by atoms with Crippen molar-refractivity contribution in [1.29, 1.82) is 0 Å². The first-order valence-electron chi connectivity index (χ1n) is 8.08. The Morgan fingerprint density at radius 1 is 1.04 bits per heavy atom. The van der Waals surface area contributed by atoms with Crippen LogP contribution < -0.4 is 10.1 Å². The van der Waals surface area contributed by atoms with E-state index in [-0.39, 0.29) is 5.91 Å². The van der Waals surface area contributed by atoms with Crippen LogP contribution in [0.3, 0.4) is 0 Å². The number of aromatic amines is 1. The van der Waals surface area contributed by atoms with Crippen LogP contribution in [0.5, 0.6) is 5.75 Å². The summed E-state index contributed by atoms with van der Waals surface area (Å²) in [5.74, 6) is 1.30. The van der Waals surface area contributed by atoms with Gasteiger partial charge in [-0.25, -0.2) is 4.98 Å². The molecule has 0 saturated heterocycles. The number of hydrogen-bond donors (Lipinski definition) is 2. The normalized spacial score (nSPS) is 10.7. The molecule has 4 aromatic rings. The molecule has 0 unspecified atom stereocenters. The van der Waals surface area contributed by atoms with Gasteiger partial charge < -0.3 is 15.0 Å². The third-order valence-electron chi connectivity index (χ3n) is 4.05. The van der Waals surface area contributed by atoms with Crippen molar-refractivity contribution in [2.45, 2.75) is 0 Å². The number of nitrogens with zero attached hydrogens (tertiary/aromatic N) is 2. The van der Waals surface area contributed by atoms with Crippen molar-refractivity contribution in [2.75, 3.05) is 12.4 Å². The van der Waals surface area contributed by atoms with Gasteiger partial charge >= 0.3 is 0 Å². The third kappa shape index (κ3) is 3.12. The summed E-state index contributed by atoms with van der Waals surface area (Å²) >= 11 is 0. The van der Waals surface area contributed by atoms with Gasteiger partial charge in [0, 0.05) is 29.2 Å². The molecular formula is C20H16N4O2. The molecule has 128 valence electrons. The first-order valence-corrected chi connectivity index (χ1v) is 8.08. The van der Waals surface area contributed by atoms with E-state index in [2.05, 4.69) is 20.3 Å². The van der Waals surface area contributed by atoms with E-state index in [0.717, 1.165) is 22.4 Å². The van der Waals surface area contributed by atoms with Crippen molar-refractivity contribution in [2.24, 2.45) is 0 Å². The third-order valence-corrected chi connectivity index (χ3v) is 4.05. The molecule has 6 nitrogen and oxygen atoms in total. The van der Waals surface area contributed by atoms with Gasteiger partial charge in [-0.2, -0.15) is 0 Å². The molecular weight excluding hydrogens is 328 g/mol. The number of pyridine rings is 1. The summed E-state index contributed by atoms with van der Waals surface area (Å²) in [6, 6.07) is 16.3. The fourth-order valence-corrected chi connectivity index (χ4v) is 2.68. The van der Waals surface area contributed by atoms with E-state index in [9.17, 15) is 4.79 Å². The van der Waals surface area contributed by atoms with Crippen LogP contribution in [-0.4, -0.2) is 28.0 Å². The molecule has 0 atom stereocenters. The summed E-state index contributed by atoms with van der Waals surface area (Å²) in [5, 5.41) is 2.90. The molecule has 0 fully saturated rings. The zero-order valence-corrected chi connectivity index (χ0v) is 14.1. The lowest BCUT2D eigenvalue weighted by molar-refractivity contribution is 0.102. The zero-order valence-electron chi connectivity index (χ0n) is 14.1. The highest BCUT2D eigenvalue weighted by Gasteiger charge is 2.09. The van der Waals surface area contributed by atoms with Gasteiger partial charge in [-0.1, -0.05) is 0 Å². The van der Waals surface area contributed by atoms with E-state index in [1.165, 1.54) is 0 Å². The maximum Gasteiger partial charge on any atom is 0.255 e. The second-order valence-corrected chi connectivity index (χ2v) is 5.74. The van der Waals surface area contributed by atoms with E-state index in [1.807, 2.05) is 30.3 Å². The first-order chi connectivity index (χ1) is 12.7. The summed E-state index contributed by atoms with van der Waals surface area (Å²) in [5.41, 5.74) is 3.90. The molecule has 0 spiro atoms. The Hall–Kier alpha value is -3.67. The molecule has 2 aromatic heterocycles. The Labute approximate surface area is 149 Å². The molecule has 0 aliphatic carbocycles. The van der Waals surface area contributed by atoms with Crippen LogP contribution in [0.2, 0.25) is 0 Å². The van der Waals surface area contributed by atoms with Crippen molar-refractivity contribution in [3.63, 3.8) is 0 Å². The number of hydrogen-bond acceptors (Lipinski definition) is 4.